The minimum absolute atomic E-state index is 0.0695. The zero-order valence-corrected chi connectivity index (χ0v) is 22.3. The third kappa shape index (κ3) is 8.22. The van der Waals surface area contributed by atoms with E-state index in [1.807, 2.05) is 0 Å². The lowest BCUT2D eigenvalue weighted by molar-refractivity contribution is -0.155. The Kier molecular flexibility index (Phi) is 10.4. The molecule has 0 radical (unpaired) electrons. The third-order valence-electron chi connectivity index (χ3n) is 4.79. The molecule has 0 spiro atoms. The van der Waals surface area contributed by atoms with Crippen LogP contribution in [0.3, 0.4) is 0 Å². The molecule has 0 atom stereocenters. The van der Waals surface area contributed by atoms with E-state index < -0.39 is 73.0 Å². The molecule has 0 saturated heterocycles. The van der Waals surface area contributed by atoms with Gasteiger partial charge in [0.15, 0.2) is 0 Å². The molecule has 3 N–H and O–H groups in total. The molecule has 0 aliphatic heterocycles. The van der Waals surface area contributed by atoms with E-state index in [0.29, 0.717) is 12.1 Å². The van der Waals surface area contributed by atoms with Crippen molar-refractivity contribution in [1.82, 2.24) is 13.4 Å². The van der Waals surface area contributed by atoms with Crippen molar-refractivity contribution in [2.75, 3.05) is 13.6 Å². The fourth-order valence-electron chi connectivity index (χ4n) is 2.60. The monoisotopic (exact) mass is 602 g/mol. The van der Waals surface area contributed by atoms with Crippen molar-refractivity contribution < 1.29 is 45.4 Å². The summed E-state index contributed by atoms with van der Waals surface area (Å²) < 4.78 is 80.0. The van der Waals surface area contributed by atoms with Crippen LogP contribution in [0, 0.1) is 5.82 Å². The van der Waals surface area contributed by atoms with Gasteiger partial charge in [-0.25, -0.2) is 28.5 Å². The molecule has 0 amide bonds. The highest BCUT2D eigenvalue weighted by atomic mass is 35.5. The van der Waals surface area contributed by atoms with E-state index in [0.717, 1.165) is 25.2 Å². The first-order valence-corrected chi connectivity index (χ1v) is 12.2. The lowest BCUT2D eigenvalue weighted by atomic mass is 10.1. The van der Waals surface area contributed by atoms with E-state index in [1.165, 1.54) is 13.1 Å². The largest absolute Gasteiger partial charge is 0.478 e. The van der Waals surface area contributed by atoms with Gasteiger partial charge in [0.1, 0.15) is 11.5 Å². The van der Waals surface area contributed by atoms with Crippen LogP contribution in [-0.2, 0) is 33.0 Å². The summed E-state index contributed by atoms with van der Waals surface area (Å²) in [5.41, 5.74) is -8.12. The molecular formula is C21H23ClF4N4O8S. The highest BCUT2D eigenvalue weighted by molar-refractivity contribution is 7.86. The minimum atomic E-state index is -5.03. The number of halogens is 5. The standard InChI is InChI=1S/C17H13ClF4N2O6.C4H10N2O2S/c1-16(2,14(27)28)30-13(26)7-4-10(9(19)5-8(7)18)24-12(25)6-11(17(20,21)22)23(3)15(24)29;1-3-4-6(2)9(5,7)8/h4-6H,1-3H3,(H,27,28);3H,1,4H2,2H3,(H2,5,7,8). The Morgan fingerprint density at radius 1 is 1.23 bits per heavy atom. The Morgan fingerprint density at radius 2 is 1.77 bits per heavy atom. The number of nitrogens with zero attached hydrogens (tertiary/aromatic N) is 3. The lowest BCUT2D eigenvalue weighted by Gasteiger charge is -2.20. The van der Waals surface area contributed by atoms with E-state index in [-0.39, 0.29) is 21.7 Å². The SMILES string of the molecule is C=CCN(C)S(N)(=O)=O.Cn1c(C(F)(F)F)cc(=O)n(-c2cc(C(=O)OC(C)(C)C(=O)O)c(Cl)cc2F)c1=O. The first-order valence-electron chi connectivity index (χ1n) is 10.3. The van der Waals surface area contributed by atoms with Gasteiger partial charge in [-0.1, -0.05) is 17.7 Å². The predicted molar refractivity (Wildman–Crippen MR) is 130 cm³/mol. The van der Waals surface area contributed by atoms with Crippen LogP contribution in [0.4, 0.5) is 17.6 Å². The number of aromatic nitrogens is 2. The number of carbonyl (C=O) groups excluding carboxylic acids is 1. The average Bonchev–Trinajstić information content (AvgIpc) is 2.76. The van der Waals surface area contributed by atoms with Gasteiger partial charge in [0.05, 0.1) is 16.3 Å². The number of hydrogen-bond donors (Lipinski definition) is 2. The first-order chi connectivity index (χ1) is 17.6. The molecule has 0 saturated carbocycles. The third-order valence-corrected chi connectivity index (χ3v) is 6.12. The summed E-state index contributed by atoms with van der Waals surface area (Å²) in [7, 11) is -1.40. The number of carboxylic acids is 1. The van der Waals surface area contributed by atoms with Gasteiger partial charge in [0.25, 0.3) is 15.8 Å². The molecule has 1 aromatic carbocycles. The quantitative estimate of drug-likeness (QED) is 0.274. The van der Waals surface area contributed by atoms with Crippen molar-refractivity contribution in [3.8, 4) is 5.69 Å². The van der Waals surface area contributed by atoms with Crippen LogP contribution < -0.4 is 16.4 Å². The normalized spacial score (nSPS) is 12.0. The molecular weight excluding hydrogens is 580 g/mol. The van der Waals surface area contributed by atoms with Gasteiger partial charge >= 0.3 is 23.8 Å². The molecule has 0 aliphatic carbocycles. The molecule has 2 rings (SSSR count). The Morgan fingerprint density at radius 3 is 2.18 bits per heavy atom. The van der Waals surface area contributed by atoms with E-state index in [2.05, 4.69) is 6.58 Å². The summed E-state index contributed by atoms with van der Waals surface area (Å²) in [4.78, 5) is 47.9. The number of ether oxygens (including phenoxy) is 1. The lowest BCUT2D eigenvalue weighted by Crippen LogP contribution is -2.41. The zero-order chi connectivity index (χ0) is 30.7. The molecule has 12 nitrogen and oxygen atoms in total. The number of carboxylic acid groups (broad SMARTS) is 1. The van der Waals surface area contributed by atoms with E-state index in [1.54, 1.807) is 0 Å². The number of nitrogens with two attached hydrogens (primary N) is 1. The minimum Gasteiger partial charge on any atom is -0.478 e. The fourth-order valence-corrected chi connectivity index (χ4v) is 3.14. The van der Waals surface area contributed by atoms with Gasteiger partial charge < -0.3 is 9.84 Å². The number of rotatable bonds is 7. The summed E-state index contributed by atoms with van der Waals surface area (Å²) in [6.45, 7) is 5.69. The second kappa shape index (κ2) is 12.1. The van der Waals surface area contributed by atoms with Crippen LogP contribution in [-0.4, -0.2) is 58.1 Å². The number of benzene rings is 1. The first kappa shape index (κ1) is 33.5. The van der Waals surface area contributed by atoms with Gasteiger partial charge in [-0.2, -0.15) is 25.9 Å². The second-order valence-corrected chi connectivity index (χ2v) is 10.2. The molecule has 1 aromatic heterocycles. The molecule has 2 aromatic rings. The molecule has 0 bridgehead atoms. The van der Waals surface area contributed by atoms with E-state index in [4.69, 9.17) is 26.6 Å². The molecule has 18 heteroatoms. The van der Waals surface area contributed by atoms with Gasteiger partial charge in [-0.15, -0.1) is 6.58 Å². The van der Waals surface area contributed by atoms with Crippen molar-refractivity contribution in [1.29, 1.82) is 0 Å². The van der Waals surface area contributed by atoms with Gasteiger partial charge in [0, 0.05) is 26.7 Å². The number of esters is 1. The number of likely N-dealkylation sites (N-methyl/N-ethyl adjacent to an activating group) is 1. The van der Waals surface area contributed by atoms with Crippen LogP contribution in [0.25, 0.3) is 5.69 Å². The van der Waals surface area contributed by atoms with Crippen LogP contribution in [0.5, 0.6) is 0 Å². The summed E-state index contributed by atoms with van der Waals surface area (Å²) in [5.74, 6) is -4.14. The van der Waals surface area contributed by atoms with Gasteiger partial charge in [-0.05, 0) is 26.0 Å². The summed E-state index contributed by atoms with van der Waals surface area (Å²) in [5, 5.41) is 13.2. The highest BCUT2D eigenvalue weighted by Gasteiger charge is 2.36. The smallest absolute Gasteiger partial charge is 0.431 e. The molecule has 0 unspecified atom stereocenters. The number of alkyl halides is 3. The van der Waals surface area contributed by atoms with Crippen LogP contribution >= 0.6 is 11.6 Å². The van der Waals surface area contributed by atoms with Crippen molar-refractivity contribution >= 4 is 33.7 Å². The zero-order valence-electron chi connectivity index (χ0n) is 20.7. The topological polar surface area (TPSA) is 171 Å². The van der Waals surface area contributed by atoms with Crippen LogP contribution in [0.2, 0.25) is 5.02 Å². The number of hydrogen-bond acceptors (Lipinski definition) is 7. The van der Waals surface area contributed by atoms with Gasteiger partial charge in [0.2, 0.25) is 5.60 Å². The Bertz CT molecular complexity index is 1520. The van der Waals surface area contributed by atoms with Crippen LogP contribution in [0.1, 0.15) is 29.9 Å². The molecule has 0 fully saturated rings. The van der Waals surface area contributed by atoms with Crippen molar-refractivity contribution in [2.45, 2.75) is 25.6 Å². The van der Waals surface area contributed by atoms with Crippen molar-refractivity contribution in [2.24, 2.45) is 12.2 Å². The molecule has 216 valence electrons. The Balaban J connectivity index is 0.000000724. The predicted octanol–water partition coefficient (Wildman–Crippen LogP) is 1.68. The summed E-state index contributed by atoms with van der Waals surface area (Å²) in [6.07, 6.45) is -3.56. The molecule has 0 aliphatic rings. The maximum Gasteiger partial charge on any atom is 0.431 e. The highest BCUT2D eigenvalue weighted by Crippen LogP contribution is 2.28. The number of aliphatic carboxylic acids is 1. The van der Waals surface area contributed by atoms with Crippen molar-refractivity contribution in [3.05, 3.63) is 73.8 Å². The van der Waals surface area contributed by atoms with Crippen LogP contribution in [0.15, 0.2) is 40.4 Å². The van der Waals surface area contributed by atoms with E-state index >= 15 is 0 Å². The summed E-state index contributed by atoms with van der Waals surface area (Å²) >= 11 is 5.78. The average molecular weight is 603 g/mol. The Hall–Kier alpha value is -3.54. The fraction of sp³-hybridized carbons (Fsp3) is 0.333. The van der Waals surface area contributed by atoms with Crippen molar-refractivity contribution in [3.63, 3.8) is 0 Å². The Labute approximate surface area is 223 Å². The summed E-state index contributed by atoms with van der Waals surface area (Å²) in [6, 6.07) is 1.22. The van der Waals surface area contributed by atoms with E-state index in [9.17, 15) is 45.2 Å². The van der Waals surface area contributed by atoms with Gasteiger partial charge in [-0.3, -0.25) is 9.36 Å². The molecule has 39 heavy (non-hydrogen) atoms. The maximum absolute atomic E-state index is 14.4. The second-order valence-electron chi connectivity index (χ2n) is 8.15. The number of carbonyl (C=O) groups is 2. The molecule has 1 heterocycles. The maximum atomic E-state index is 14.4.